The number of nitrogens with zero attached hydrogens (tertiary/aromatic N) is 2. The van der Waals surface area contributed by atoms with Gasteiger partial charge in [-0.3, -0.25) is 4.79 Å². The zero-order valence-corrected chi connectivity index (χ0v) is 15.7. The van der Waals surface area contributed by atoms with Crippen molar-refractivity contribution in [2.75, 3.05) is 19.3 Å². The van der Waals surface area contributed by atoms with E-state index in [0.29, 0.717) is 11.8 Å². The van der Waals surface area contributed by atoms with E-state index < -0.39 is 5.54 Å². The summed E-state index contributed by atoms with van der Waals surface area (Å²) in [4.78, 5) is 18.4. The van der Waals surface area contributed by atoms with Crippen LogP contribution >= 0.6 is 24.2 Å². The van der Waals surface area contributed by atoms with Crippen LogP contribution in [-0.4, -0.2) is 34.6 Å². The van der Waals surface area contributed by atoms with Gasteiger partial charge >= 0.3 is 0 Å². The number of fused-ring (bicyclic) bond motifs is 2. The molecule has 1 saturated carbocycles. The Morgan fingerprint density at radius 1 is 1.42 bits per heavy atom. The number of rotatable bonds is 4. The average molecular weight is 367 g/mol. The summed E-state index contributed by atoms with van der Waals surface area (Å²) in [6, 6.07) is 4.12. The molecule has 24 heavy (non-hydrogen) atoms. The van der Waals surface area contributed by atoms with E-state index >= 15 is 0 Å². The van der Waals surface area contributed by atoms with Crippen LogP contribution in [-0.2, 0) is 10.3 Å². The van der Waals surface area contributed by atoms with Crippen molar-refractivity contribution in [3.8, 4) is 0 Å². The van der Waals surface area contributed by atoms with Crippen LogP contribution in [0.1, 0.15) is 19.7 Å². The van der Waals surface area contributed by atoms with Crippen molar-refractivity contribution < 1.29 is 4.79 Å². The fourth-order valence-electron chi connectivity index (χ4n) is 3.89. The van der Waals surface area contributed by atoms with Crippen molar-refractivity contribution in [3.05, 3.63) is 30.4 Å². The second-order valence-electron chi connectivity index (χ2n) is 7.04. The standard InChI is InChI=1S/C17H22N4OS.ClH/c1-17(2,20-15(22)14-10-7-18-8-11(10)14)16-19-9-12-13(23-3)5-4-6-21(12)16;/h4-6,9-11,14,18H,7-8H2,1-3H3,(H,20,22);1H/t10-,11+,14?;. The molecule has 1 saturated heterocycles. The molecule has 4 rings (SSSR count). The van der Waals surface area contributed by atoms with Crippen molar-refractivity contribution in [2.45, 2.75) is 24.3 Å². The van der Waals surface area contributed by atoms with Crippen molar-refractivity contribution in [1.82, 2.24) is 20.0 Å². The highest BCUT2D eigenvalue weighted by molar-refractivity contribution is 7.98. The van der Waals surface area contributed by atoms with E-state index in [-0.39, 0.29) is 24.2 Å². The third-order valence-electron chi connectivity index (χ3n) is 5.14. The minimum Gasteiger partial charge on any atom is -0.344 e. The number of hydrogen-bond donors (Lipinski definition) is 2. The molecule has 2 aromatic rings. The smallest absolute Gasteiger partial charge is 0.224 e. The van der Waals surface area contributed by atoms with Crippen molar-refractivity contribution >= 4 is 35.6 Å². The number of nitrogens with one attached hydrogen (secondary N) is 2. The maximum Gasteiger partial charge on any atom is 0.224 e. The lowest BCUT2D eigenvalue weighted by Crippen LogP contribution is -2.44. The number of piperidine rings is 1. The Bertz CT molecular complexity index is 765. The minimum atomic E-state index is -0.495. The van der Waals surface area contributed by atoms with E-state index in [1.807, 2.05) is 32.3 Å². The Kier molecular flexibility index (Phi) is 4.57. The molecule has 0 bridgehead atoms. The van der Waals surface area contributed by atoms with Gasteiger partial charge in [0.25, 0.3) is 0 Å². The SMILES string of the molecule is CSc1cccn2c(C(C)(C)NC(=O)C3[C@H]4CNC[C@@H]34)ncc12.Cl. The minimum absolute atomic E-state index is 0. The number of aromatic nitrogens is 2. The van der Waals surface area contributed by atoms with Gasteiger partial charge in [-0.25, -0.2) is 4.98 Å². The summed E-state index contributed by atoms with van der Waals surface area (Å²) in [5.41, 5.74) is 0.593. The van der Waals surface area contributed by atoms with E-state index in [0.717, 1.165) is 24.4 Å². The Hall–Kier alpha value is -1.24. The number of amides is 1. The third-order valence-corrected chi connectivity index (χ3v) is 5.93. The van der Waals surface area contributed by atoms with Gasteiger partial charge in [0.1, 0.15) is 5.82 Å². The van der Waals surface area contributed by atoms with Crippen molar-refractivity contribution in [1.29, 1.82) is 0 Å². The van der Waals surface area contributed by atoms with Crippen LogP contribution in [0.15, 0.2) is 29.4 Å². The molecule has 5 nitrogen and oxygen atoms in total. The molecule has 1 aliphatic carbocycles. The zero-order chi connectivity index (χ0) is 16.2. The number of imidazole rings is 1. The second kappa shape index (κ2) is 6.24. The van der Waals surface area contributed by atoms with Gasteiger partial charge in [-0.15, -0.1) is 24.2 Å². The molecule has 2 aliphatic rings. The van der Waals surface area contributed by atoms with Gasteiger partial charge in [0, 0.05) is 17.0 Å². The van der Waals surface area contributed by atoms with Gasteiger partial charge in [0.05, 0.1) is 17.3 Å². The van der Waals surface area contributed by atoms with Crippen molar-refractivity contribution in [3.63, 3.8) is 0 Å². The maximum atomic E-state index is 12.6. The molecule has 7 heteroatoms. The second-order valence-corrected chi connectivity index (χ2v) is 7.89. The van der Waals surface area contributed by atoms with E-state index in [2.05, 4.69) is 32.3 Å². The average Bonchev–Trinajstić information content (AvgIpc) is 2.91. The summed E-state index contributed by atoms with van der Waals surface area (Å²) in [6.45, 7) is 6.02. The molecule has 3 heterocycles. The number of carbonyl (C=O) groups excluding carboxylic acids is 1. The molecule has 2 fully saturated rings. The molecular weight excluding hydrogens is 344 g/mol. The summed E-state index contributed by atoms with van der Waals surface area (Å²) in [6.07, 6.45) is 5.97. The van der Waals surface area contributed by atoms with Crippen LogP contribution in [0.25, 0.3) is 5.52 Å². The first-order chi connectivity index (χ1) is 11.0. The molecule has 1 aliphatic heterocycles. The summed E-state index contributed by atoms with van der Waals surface area (Å²) >= 11 is 1.71. The number of pyridine rings is 1. The maximum absolute atomic E-state index is 12.6. The van der Waals surface area contributed by atoms with Crippen LogP contribution in [0, 0.1) is 17.8 Å². The highest BCUT2D eigenvalue weighted by atomic mass is 35.5. The molecule has 2 aromatic heterocycles. The van der Waals surface area contributed by atoms with E-state index in [9.17, 15) is 4.79 Å². The van der Waals surface area contributed by atoms with Gasteiger partial charge in [0.2, 0.25) is 5.91 Å². The highest BCUT2D eigenvalue weighted by Crippen LogP contribution is 2.49. The molecule has 1 unspecified atom stereocenters. The third kappa shape index (κ3) is 2.70. The van der Waals surface area contributed by atoms with E-state index in [1.54, 1.807) is 11.8 Å². The quantitative estimate of drug-likeness (QED) is 0.815. The first-order valence-corrected chi connectivity index (χ1v) is 9.28. The fraction of sp³-hybridized carbons (Fsp3) is 0.529. The summed E-state index contributed by atoms with van der Waals surface area (Å²) in [5.74, 6) is 2.30. The molecule has 2 N–H and O–H groups in total. The summed E-state index contributed by atoms with van der Waals surface area (Å²) in [7, 11) is 0. The van der Waals surface area contributed by atoms with Crippen LogP contribution in [0.2, 0.25) is 0 Å². The number of thioether (sulfide) groups is 1. The summed E-state index contributed by atoms with van der Waals surface area (Å²) in [5, 5.41) is 6.56. The molecule has 3 atom stereocenters. The van der Waals surface area contributed by atoms with E-state index in [4.69, 9.17) is 0 Å². The first kappa shape index (κ1) is 17.6. The Balaban J connectivity index is 0.00000169. The number of hydrogen-bond acceptors (Lipinski definition) is 4. The molecule has 0 aromatic carbocycles. The van der Waals surface area contributed by atoms with Crippen LogP contribution in [0.5, 0.6) is 0 Å². The van der Waals surface area contributed by atoms with Crippen molar-refractivity contribution in [2.24, 2.45) is 17.8 Å². The first-order valence-electron chi connectivity index (χ1n) is 8.06. The Morgan fingerprint density at radius 2 is 2.12 bits per heavy atom. The molecule has 0 spiro atoms. The fourth-order valence-corrected chi connectivity index (χ4v) is 4.46. The van der Waals surface area contributed by atoms with Gasteiger partial charge in [-0.2, -0.15) is 0 Å². The Labute approximate surface area is 152 Å². The largest absolute Gasteiger partial charge is 0.344 e. The number of carbonyl (C=O) groups is 1. The van der Waals surface area contributed by atoms with Crippen LogP contribution < -0.4 is 10.6 Å². The predicted octanol–water partition coefficient (Wildman–Crippen LogP) is 2.29. The van der Waals surface area contributed by atoms with Crippen LogP contribution in [0.3, 0.4) is 0 Å². The molecule has 0 radical (unpaired) electrons. The normalized spacial score (nSPS) is 25.2. The molecule has 1 amide bonds. The summed E-state index contributed by atoms with van der Waals surface area (Å²) < 4.78 is 2.08. The zero-order valence-electron chi connectivity index (χ0n) is 14.1. The van der Waals surface area contributed by atoms with Gasteiger partial charge in [-0.05, 0) is 57.2 Å². The highest BCUT2D eigenvalue weighted by Gasteiger charge is 2.57. The van der Waals surface area contributed by atoms with Crippen LogP contribution in [0.4, 0.5) is 0 Å². The number of halogens is 1. The lowest BCUT2D eigenvalue weighted by Gasteiger charge is -2.26. The van der Waals surface area contributed by atoms with Gasteiger partial charge < -0.3 is 15.0 Å². The monoisotopic (exact) mass is 366 g/mol. The van der Waals surface area contributed by atoms with Gasteiger partial charge in [-0.1, -0.05) is 0 Å². The topological polar surface area (TPSA) is 58.4 Å². The van der Waals surface area contributed by atoms with E-state index in [1.165, 1.54) is 4.90 Å². The molecular formula is C17H23ClN4OS. The Morgan fingerprint density at radius 3 is 2.79 bits per heavy atom. The van der Waals surface area contributed by atoms with Gasteiger partial charge in [0.15, 0.2) is 0 Å². The lowest BCUT2D eigenvalue weighted by atomic mass is 10.0. The lowest BCUT2D eigenvalue weighted by molar-refractivity contribution is -0.124. The molecule has 130 valence electrons. The predicted molar refractivity (Wildman–Crippen MR) is 98.7 cm³/mol.